The van der Waals surface area contributed by atoms with E-state index < -0.39 is 0 Å². The molecule has 0 bridgehead atoms. The second-order valence-corrected chi connectivity index (χ2v) is 5.64. The van der Waals surface area contributed by atoms with Crippen LogP contribution in [-0.2, 0) is 19.6 Å². The standard InChI is InChI=1S/C18H28N6O/c1-5-19-18(20-12-17-22-21-14-24(17)6-2)23(4)13-15-8-10-16(11-9-15)25-7-3/h8-11,14H,5-7,12-13H2,1-4H3,(H,19,20). The number of hydrogen-bond donors (Lipinski definition) is 1. The van der Waals surface area contributed by atoms with Crippen LogP contribution in [0.2, 0.25) is 0 Å². The quantitative estimate of drug-likeness (QED) is 0.588. The molecule has 1 heterocycles. The number of aryl methyl sites for hydroxylation is 1. The first-order valence-electron chi connectivity index (χ1n) is 8.75. The van der Waals surface area contributed by atoms with Crippen LogP contribution in [0.3, 0.4) is 0 Å². The molecule has 0 aliphatic carbocycles. The van der Waals surface area contributed by atoms with Crippen LogP contribution in [-0.4, -0.2) is 45.8 Å². The molecule has 1 aromatic heterocycles. The molecule has 0 spiro atoms. The molecule has 2 aromatic rings. The molecule has 0 amide bonds. The summed E-state index contributed by atoms with van der Waals surface area (Å²) in [6, 6.07) is 8.17. The van der Waals surface area contributed by atoms with Gasteiger partial charge in [-0.3, -0.25) is 0 Å². The van der Waals surface area contributed by atoms with Crippen LogP contribution in [0.25, 0.3) is 0 Å². The lowest BCUT2D eigenvalue weighted by Gasteiger charge is -2.22. The van der Waals surface area contributed by atoms with Gasteiger partial charge in [0.25, 0.3) is 0 Å². The van der Waals surface area contributed by atoms with E-state index in [0.29, 0.717) is 13.2 Å². The Balaban J connectivity index is 2.03. The maximum atomic E-state index is 5.49. The van der Waals surface area contributed by atoms with Crippen molar-refractivity contribution in [3.63, 3.8) is 0 Å². The zero-order chi connectivity index (χ0) is 18.1. The molecule has 0 saturated carbocycles. The van der Waals surface area contributed by atoms with Gasteiger partial charge in [0.05, 0.1) is 6.61 Å². The van der Waals surface area contributed by atoms with Crippen molar-refractivity contribution in [1.82, 2.24) is 25.0 Å². The second kappa shape index (κ2) is 9.66. The van der Waals surface area contributed by atoms with Crippen molar-refractivity contribution in [2.45, 2.75) is 40.4 Å². The van der Waals surface area contributed by atoms with Gasteiger partial charge in [-0.25, -0.2) is 4.99 Å². The highest BCUT2D eigenvalue weighted by Crippen LogP contribution is 2.13. The van der Waals surface area contributed by atoms with Gasteiger partial charge in [-0.1, -0.05) is 12.1 Å². The van der Waals surface area contributed by atoms with Crippen LogP contribution in [0.5, 0.6) is 5.75 Å². The Morgan fingerprint density at radius 2 is 2.00 bits per heavy atom. The van der Waals surface area contributed by atoms with E-state index in [4.69, 9.17) is 9.73 Å². The van der Waals surface area contributed by atoms with E-state index in [1.165, 1.54) is 5.56 Å². The van der Waals surface area contributed by atoms with E-state index in [-0.39, 0.29) is 0 Å². The lowest BCUT2D eigenvalue weighted by molar-refractivity contribution is 0.340. The predicted molar refractivity (Wildman–Crippen MR) is 99.6 cm³/mol. The lowest BCUT2D eigenvalue weighted by Crippen LogP contribution is -2.38. The predicted octanol–water partition coefficient (Wildman–Crippen LogP) is 2.29. The summed E-state index contributed by atoms with van der Waals surface area (Å²) in [6.07, 6.45) is 1.74. The van der Waals surface area contributed by atoms with Crippen molar-refractivity contribution in [2.24, 2.45) is 4.99 Å². The molecule has 2 rings (SSSR count). The third-order valence-electron chi connectivity index (χ3n) is 3.76. The van der Waals surface area contributed by atoms with Crippen molar-refractivity contribution in [1.29, 1.82) is 0 Å². The van der Waals surface area contributed by atoms with Crippen molar-refractivity contribution < 1.29 is 4.74 Å². The summed E-state index contributed by atoms with van der Waals surface area (Å²) in [5, 5.41) is 11.4. The zero-order valence-corrected chi connectivity index (χ0v) is 15.6. The van der Waals surface area contributed by atoms with Gasteiger partial charge < -0.3 is 19.5 Å². The van der Waals surface area contributed by atoms with Crippen LogP contribution in [0, 0.1) is 0 Å². The number of nitrogens with zero attached hydrogens (tertiary/aromatic N) is 5. The molecule has 0 radical (unpaired) electrons. The van der Waals surface area contributed by atoms with Crippen LogP contribution < -0.4 is 10.1 Å². The van der Waals surface area contributed by atoms with Crippen molar-refractivity contribution in [3.05, 3.63) is 42.0 Å². The first-order chi connectivity index (χ1) is 12.2. The van der Waals surface area contributed by atoms with Crippen molar-refractivity contribution >= 4 is 5.96 Å². The minimum Gasteiger partial charge on any atom is -0.494 e. The Bertz CT molecular complexity index is 664. The molecule has 25 heavy (non-hydrogen) atoms. The van der Waals surface area contributed by atoms with E-state index in [9.17, 15) is 0 Å². The molecular weight excluding hydrogens is 316 g/mol. The smallest absolute Gasteiger partial charge is 0.194 e. The molecule has 0 atom stereocenters. The summed E-state index contributed by atoms with van der Waals surface area (Å²) < 4.78 is 7.49. The SMILES string of the molecule is CCNC(=NCc1nncn1CC)N(C)Cc1ccc(OCC)cc1. The van der Waals surface area contributed by atoms with Crippen LogP contribution in [0.4, 0.5) is 0 Å². The molecule has 0 aliphatic rings. The number of benzene rings is 1. The van der Waals surface area contributed by atoms with E-state index in [1.54, 1.807) is 6.33 Å². The van der Waals surface area contributed by atoms with E-state index >= 15 is 0 Å². The van der Waals surface area contributed by atoms with Gasteiger partial charge in [0.1, 0.15) is 18.6 Å². The van der Waals surface area contributed by atoms with Crippen LogP contribution in [0.1, 0.15) is 32.2 Å². The average molecular weight is 344 g/mol. The second-order valence-electron chi connectivity index (χ2n) is 5.64. The van der Waals surface area contributed by atoms with Gasteiger partial charge in [0, 0.05) is 26.7 Å². The van der Waals surface area contributed by atoms with Crippen LogP contribution >= 0.6 is 0 Å². The minimum atomic E-state index is 0.504. The summed E-state index contributed by atoms with van der Waals surface area (Å²) >= 11 is 0. The van der Waals surface area contributed by atoms with E-state index in [0.717, 1.165) is 37.2 Å². The summed E-state index contributed by atoms with van der Waals surface area (Å²) in [5.41, 5.74) is 1.20. The summed E-state index contributed by atoms with van der Waals surface area (Å²) in [6.45, 7) is 9.72. The number of aliphatic imine (C=N–C) groups is 1. The Hall–Kier alpha value is -2.57. The number of aromatic nitrogens is 3. The maximum Gasteiger partial charge on any atom is 0.194 e. The van der Waals surface area contributed by atoms with E-state index in [1.807, 2.05) is 30.7 Å². The normalized spacial score (nSPS) is 11.4. The Morgan fingerprint density at radius 3 is 2.64 bits per heavy atom. The molecule has 0 aliphatic heterocycles. The van der Waals surface area contributed by atoms with Gasteiger partial charge in [0.15, 0.2) is 11.8 Å². The van der Waals surface area contributed by atoms with Gasteiger partial charge in [-0.2, -0.15) is 0 Å². The van der Waals surface area contributed by atoms with Crippen molar-refractivity contribution in [2.75, 3.05) is 20.2 Å². The fourth-order valence-electron chi connectivity index (χ4n) is 2.49. The molecule has 7 heteroatoms. The topological polar surface area (TPSA) is 67.6 Å². The molecule has 0 fully saturated rings. The summed E-state index contributed by atoms with van der Waals surface area (Å²) in [5.74, 6) is 2.61. The highest BCUT2D eigenvalue weighted by atomic mass is 16.5. The van der Waals surface area contributed by atoms with Gasteiger partial charge >= 0.3 is 0 Å². The third kappa shape index (κ3) is 5.48. The number of rotatable bonds is 8. The first-order valence-corrected chi connectivity index (χ1v) is 8.75. The van der Waals surface area contributed by atoms with Crippen LogP contribution in [0.15, 0.2) is 35.6 Å². The summed E-state index contributed by atoms with van der Waals surface area (Å²) in [4.78, 5) is 6.79. The molecule has 0 saturated heterocycles. The number of nitrogens with one attached hydrogen (secondary N) is 1. The molecule has 1 aromatic carbocycles. The third-order valence-corrected chi connectivity index (χ3v) is 3.76. The van der Waals surface area contributed by atoms with Gasteiger partial charge in [-0.05, 0) is 38.5 Å². The highest BCUT2D eigenvalue weighted by Gasteiger charge is 2.08. The fraction of sp³-hybridized carbons (Fsp3) is 0.500. The fourth-order valence-corrected chi connectivity index (χ4v) is 2.49. The largest absolute Gasteiger partial charge is 0.494 e. The number of hydrogen-bond acceptors (Lipinski definition) is 4. The highest BCUT2D eigenvalue weighted by molar-refractivity contribution is 5.79. The number of guanidine groups is 1. The lowest BCUT2D eigenvalue weighted by atomic mass is 10.2. The Kier molecular flexibility index (Phi) is 7.25. The van der Waals surface area contributed by atoms with Crippen molar-refractivity contribution in [3.8, 4) is 5.75 Å². The minimum absolute atomic E-state index is 0.504. The first kappa shape index (κ1) is 18.8. The molecule has 7 nitrogen and oxygen atoms in total. The molecule has 0 unspecified atom stereocenters. The monoisotopic (exact) mass is 344 g/mol. The summed E-state index contributed by atoms with van der Waals surface area (Å²) in [7, 11) is 2.03. The maximum absolute atomic E-state index is 5.49. The molecular formula is C18H28N6O. The Morgan fingerprint density at radius 1 is 1.24 bits per heavy atom. The average Bonchev–Trinajstić information content (AvgIpc) is 3.08. The van der Waals surface area contributed by atoms with Gasteiger partial charge in [-0.15, -0.1) is 10.2 Å². The van der Waals surface area contributed by atoms with Gasteiger partial charge in [0.2, 0.25) is 0 Å². The Labute approximate surface area is 149 Å². The molecule has 136 valence electrons. The van der Waals surface area contributed by atoms with E-state index in [2.05, 4.69) is 46.4 Å². The zero-order valence-electron chi connectivity index (χ0n) is 15.6. The molecule has 1 N–H and O–H groups in total. The number of ether oxygens (including phenoxy) is 1.